The van der Waals surface area contributed by atoms with Crippen molar-refractivity contribution in [2.24, 2.45) is 0 Å². The van der Waals surface area contributed by atoms with Crippen molar-refractivity contribution < 1.29 is 26.3 Å². The minimum absolute atomic E-state index is 0.00221. The molecule has 11 heteroatoms. The van der Waals surface area contributed by atoms with Crippen LogP contribution in [0.3, 0.4) is 0 Å². The summed E-state index contributed by atoms with van der Waals surface area (Å²) < 4.78 is 66.1. The van der Waals surface area contributed by atoms with Crippen LogP contribution >= 0.6 is 11.6 Å². The maximum absolute atomic E-state index is 13.0. The number of nitrogens with zero attached hydrogens (tertiary/aromatic N) is 1. The molecule has 1 heterocycles. The second kappa shape index (κ2) is 9.01. The molecule has 0 aromatic heterocycles. The minimum atomic E-state index is -4.15. The number of sulfonamides is 2. The lowest BCUT2D eigenvalue weighted by Crippen LogP contribution is -2.35. The number of hydrogen-bond donors (Lipinski definition) is 1. The lowest BCUT2D eigenvalue weighted by molar-refractivity contribution is 0.346. The van der Waals surface area contributed by atoms with Gasteiger partial charge in [-0.05, 0) is 49.2 Å². The zero-order valence-electron chi connectivity index (χ0n) is 16.6. The van der Waals surface area contributed by atoms with E-state index in [-0.39, 0.29) is 32.0 Å². The quantitative estimate of drug-likeness (QED) is 0.660. The van der Waals surface area contributed by atoms with Crippen molar-refractivity contribution in [1.82, 2.24) is 4.31 Å². The molecule has 0 radical (unpaired) electrons. The van der Waals surface area contributed by atoms with Crippen molar-refractivity contribution in [3.8, 4) is 11.5 Å². The SMILES string of the molecule is COc1ccc(S(=O)(=O)N2CCCCC2)cc1NS(=O)(=O)c1cc(Cl)ccc1OC. The van der Waals surface area contributed by atoms with Gasteiger partial charge in [0.1, 0.15) is 16.4 Å². The van der Waals surface area contributed by atoms with Crippen LogP contribution < -0.4 is 14.2 Å². The highest BCUT2D eigenvalue weighted by Crippen LogP contribution is 2.34. The van der Waals surface area contributed by atoms with Crippen LogP contribution in [-0.2, 0) is 20.0 Å². The first-order chi connectivity index (χ1) is 14.2. The summed E-state index contributed by atoms with van der Waals surface area (Å²) >= 11 is 5.96. The van der Waals surface area contributed by atoms with E-state index in [1.807, 2.05) is 0 Å². The summed E-state index contributed by atoms with van der Waals surface area (Å²) in [4.78, 5) is -0.190. The van der Waals surface area contributed by atoms with Gasteiger partial charge in [0, 0.05) is 18.1 Å². The van der Waals surface area contributed by atoms with Gasteiger partial charge in [-0.15, -0.1) is 0 Å². The van der Waals surface area contributed by atoms with E-state index >= 15 is 0 Å². The average Bonchev–Trinajstić information content (AvgIpc) is 2.74. The molecule has 8 nitrogen and oxygen atoms in total. The molecule has 164 valence electrons. The van der Waals surface area contributed by atoms with Crippen LogP contribution in [0.1, 0.15) is 19.3 Å². The standard InChI is InChI=1S/C19H23ClN2O6S2/c1-27-17-9-7-15(30(25,26)22-10-4-3-5-11-22)13-16(17)21-29(23,24)19-12-14(20)6-8-18(19)28-2/h6-9,12-13,21H,3-5,10-11H2,1-2H3. The van der Waals surface area contributed by atoms with Crippen molar-refractivity contribution in [3.63, 3.8) is 0 Å². The first-order valence-corrected chi connectivity index (χ1v) is 12.5. The zero-order valence-corrected chi connectivity index (χ0v) is 19.0. The van der Waals surface area contributed by atoms with Crippen molar-refractivity contribution >= 4 is 37.3 Å². The molecule has 1 aliphatic rings. The molecular weight excluding hydrogens is 452 g/mol. The normalized spacial score (nSPS) is 15.6. The first kappa shape index (κ1) is 22.7. The Bertz CT molecular complexity index is 1130. The van der Waals surface area contributed by atoms with Gasteiger partial charge in [-0.25, -0.2) is 16.8 Å². The molecular formula is C19H23ClN2O6S2. The zero-order chi connectivity index (χ0) is 21.9. The van der Waals surface area contributed by atoms with Gasteiger partial charge in [0.15, 0.2) is 0 Å². The molecule has 1 N–H and O–H groups in total. The van der Waals surface area contributed by atoms with Gasteiger partial charge in [0.05, 0.1) is 24.8 Å². The van der Waals surface area contributed by atoms with Gasteiger partial charge in [-0.3, -0.25) is 4.72 Å². The molecule has 1 fully saturated rings. The fraction of sp³-hybridized carbons (Fsp3) is 0.368. The number of hydrogen-bond acceptors (Lipinski definition) is 6. The van der Waals surface area contributed by atoms with Crippen molar-refractivity contribution in [2.45, 2.75) is 29.1 Å². The number of methoxy groups -OCH3 is 2. The highest BCUT2D eigenvalue weighted by atomic mass is 35.5. The predicted molar refractivity (Wildman–Crippen MR) is 114 cm³/mol. The molecule has 1 aliphatic heterocycles. The molecule has 0 amide bonds. The topological polar surface area (TPSA) is 102 Å². The predicted octanol–water partition coefficient (Wildman–Crippen LogP) is 3.33. The van der Waals surface area contributed by atoms with E-state index < -0.39 is 20.0 Å². The number of piperidine rings is 1. The van der Waals surface area contributed by atoms with Gasteiger partial charge in [0.2, 0.25) is 10.0 Å². The Balaban J connectivity index is 2.01. The molecule has 2 aromatic carbocycles. The van der Waals surface area contributed by atoms with Crippen LogP contribution in [0, 0.1) is 0 Å². The lowest BCUT2D eigenvalue weighted by atomic mass is 10.2. The van der Waals surface area contributed by atoms with Gasteiger partial charge >= 0.3 is 0 Å². The third kappa shape index (κ3) is 4.66. The van der Waals surface area contributed by atoms with Gasteiger partial charge in [-0.2, -0.15) is 4.31 Å². The smallest absolute Gasteiger partial charge is 0.265 e. The molecule has 30 heavy (non-hydrogen) atoms. The molecule has 2 aromatic rings. The van der Waals surface area contributed by atoms with Gasteiger partial charge in [-0.1, -0.05) is 18.0 Å². The van der Waals surface area contributed by atoms with E-state index in [4.69, 9.17) is 21.1 Å². The summed E-state index contributed by atoms with van der Waals surface area (Å²) in [5.41, 5.74) is -0.00221. The lowest BCUT2D eigenvalue weighted by Gasteiger charge is -2.26. The summed E-state index contributed by atoms with van der Waals surface area (Å²) in [6.07, 6.45) is 2.58. The average molecular weight is 475 g/mol. The van der Waals surface area contributed by atoms with Gasteiger partial charge in [0.25, 0.3) is 10.0 Å². The highest BCUT2D eigenvalue weighted by Gasteiger charge is 2.28. The largest absolute Gasteiger partial charge is 0.495 e. The molecule has 1 saturated heterocycles. The Hall–Kier alpha value is -2.01. The van der Waals surface area contributed by atoms with Crippen LogP contribution in [0.15, 0.2) is 46.2 Å². The third-order valence-corrected chi connectivity index (χ3v) is 8.30. The second-order valence-electron chi connectivity index (χ2n) is 6.73. The van der Waals surface area contributed by atoms with Crippen LogP contribution in [0.25, 0.3) is 0 Å². The van der Waals surface area contributed by atoms with Crippen molar-refractivity contribution in [3.05, 3.63) is 41.4 Å². The summed E-state index contributed by atoms with van der Waals surface area (Å²) in [6, 6.07) is 8.28. The summed E-state index contributed by atoms with van der Waals surface area (Å²) in [7, 11) is -5.19. The fourth-order valence-electron chi connectivity index (χ4n) is 3.24. The molecule has 3 rings (SSSR count). The van der Waals surface area contributed by atoms with E-state index in [0.717, 1.165) is 19.3 Å². The van der Waals surface area contributed by atoms with Crippen LogP contribution in [0.2, 0.25) is 5.02 Å². The van der Waals surface area contributed by atoms with Crippen LogP contribution in [0.4, 0.5) is 5.69 Å². The number of nitrogens with one attached hydrogen (secondary N) is 1. The summed E-state index contributed by atoms with van der Waals surface area (Å²) in [5, 5.41) is 0.213. The molecule has 0 unspecified atom stereocenters. The van der Waals surface area contributed by atoms with Crippen molar-refractivity contribution in [1.29, 1.82) is 0 Å². The van der Waals surface area contributed by atoms with Crippen LogP contribution in [0.5, 0.6) is 11.5 Å². The Kier molecular flexibility index (Phi) is 6.81. The Morgan fingerprint density at radius 2 is 1.53 bits per heavy atom. The number of ether oxygens (including phenoxy) is 2. The second-order valence-corrected chi connectivity index (χ2v) is 10.8. The monoisotopic (exact) mass is 474 g/mol. The first-order valence-electron chi connectivity index (χ1n) is 9.23. The van der Waals surface area contributed by atoms with E-state index in [0.29, 0.717) is 13.1 Å². The number of rotatable bonds is 7. The maximum Gasteiger partial charge on any atom is 0.265 e. The molecule has 0 spiro atoms. The van der Waals surface area contributed by atoms with E-state index in [1.165, 1.54) is 54.9 Å². The number of anilines is 1. The van der Waals surface area contributed by atoms with Crippen molar-refractivity contribution in [2.75, 3.05) is 32.0 Å². The Labute approximate surface area is 181 Å². The summed E-state index contributed by atoms with van der Waals surface area (Å²) in [5.74, 6) is 0.278. The van der Waals surface area contributed by atoms with E-state index in [1.54, 1.807) is 0 Å². The number of halogens is 1. The minimum Gasteiger partial charge on any atom is -0.495 e. The van der Waals surface area contributed by atoms with Crippen LogP contribution in [-0.4, -0.2) is 48.4 Å². The highest BCUT2D eigenvalue weighted by molar-refractivity contribution is 7.93. The van der Waals surface area contributed by atoms with Gasteiger partial charge < -0.3 is 9.47 Å². The van der Waals surface area contributed by atoms with E-state index in [9.17, 15) is 16.8 Å². The molecule has 0 aliphatic carbocycles. The Morgan fingerprint density at radius 3 is 2.17 bits per heavy atom. The number of benzene rings is 2. The fourth-order valence-corrected chi connectivity index (χ4v) is 6.28. The third-order valence-electron chi connectivity index (χ3n) is 4.78. The summed E-state index contributed by atoms with van der Waals surface area (Å²) in [6.45, 7) is 0.879. The molecule has 0 saturated carbocycles. The molecule has 0 atom stereocenters. The van der Waals surface area contributed by atoms with E-state index in [2.05, 4.69) is 4.72 Å². The maximum atomic E-state index is 13.0. The Morgan fingerprint density at radius 1 is 0.900 bits per heavy atom. The molecule has 0 bridgehead atoms.